The van der Waals surface area contributed by atoms with Crippen LogP contribution in [0, 0.1) is 0 Å². The molecule has 0 aliphatic carbocycles. The molecule has 8 nitrogen and oxygen atoms in total. The molecule has 0 atom stereocenters. The summed E-state index contributed by atoms with van der Waals surface area (Å²) in [5, 5.41) is 12.2. The number of aryl methyl sites for hydroxylation is 4. The maximum Gasteiger partial charge on any atom is 0.338 e. The molecule has 0 fully saturated rings. The SMILES string of the molecule is C[n+]1c(-c2ccc3ccccc3[n+]2CCCCOC(=O)c2ccc(CCn3/c(=N/N=c4/sc5ccccc5n4Cc4ccccc4)sc4ccccc43)cc2)ccc2ccccc21. The van der Waals surface area contributed by atoms with Crippen LogP contribution in [0.3, 0.4) is 0 Å². The molecule has 10 rings (SSSR count). The number of nitrogens with zero attached hydrogens (tertiary/aromatic N) is 6. The van der Waals surface area contributed by atoms with Crippen molar-refractivity contribution < 1.29 is 18.7 Å². The number of aromatic nitrogens is 4. The minimum absolute atomic E-state index is 0.296. The van der Waals surface area contributed by atoms with Crippen molar-refractivity contribution in [3.05, 3.63) is 202 Å². The number of thiazole rings is 2. The lowest BCUT2D eigenvalue weighted by molar-refractivity contribution is -0.680. The molecular weight excluding hydrogens is 817 g/mol. The predicted octanol–water partition coefficient (Wildman–Crippen LogP) is 10.1. The zero-order chi connectivity index (χ0) is 42.5. The van der Waals surface area contributed by atoms with Crippen molar-refractivity contribution in [2.45, 2.75) is 38.9 Å². The molecule has 0 saturated heterocycles. The number of unbranched alkanes of at least 4 members (excludes halogenated alkanes) is 1. The molecule has 0 amide bonds. The summed E-state index contributed by atoms with van der Waals surface area (Å²) >= 11 is 3.30. The van der Waals surface area contributed by atoms with E-state index in [4.69, 9.17) is 14.9 Å². The van der Waals surface area contributed by atoms with Crippen LogP contribution in [0.5, 0.6) is 0 Å². The van der Waals surface area contributed by atoms with E-state index in [0.717, 1.165) is 68.1 Å². The van der Waals surface area contributed by atoms with Gasteiger partial charge in [0, 0.05) is 48.0 Å². The van der Waals surface area contributed by atoms with Crippen LogP contribution in [0.1, 0.15) is 34.3 Å². The number of hydrogen-bond acceptors (Lipinski definition) is 6. The maximum atomic E-state index is 13.2. The van der Waals surface area contributed by atoms with Gasteiger partial charge in [0.15, 0.2) is 0 Å². The molecule has 63 heavy (non-hydrogen) atoms. The Balaban J connectivity index is 0.805. The third-order valence-corrected chi connectivity index (χ3v) is 13.8. The van der Waals surface area contributed by atoms with Crippen LogP contribution in [0.25, 0.3) is 53.6 Å². The van der Waals surface area contributed by atoms with Crippen molar-refractivity contribution >= 4 is 70.9 Å². The Hall–Kier alpha value is -7.01. The van der Waals surface area contributed by atoms with Crippen molar-refractivity contribution in [1.29, 1.82) is 0 Å². The van der Waals surface area contributed by atoms with E-state index in [1.165, 1.54) is 32.1 Å². The lowest BCUT2D eigenvalue weighted by Gasteiger charge is -2.09. The highest BCUT2D eigenvalue weighted by Gasteiger charge is 2.25. The number of pyridine rings is 2. The Labute approximate surface area is 373 Å². The molecule has 0 unspecified atom stereocenters. The van der Waals surface area contributed by atoms with Crippen molar-refractivity contribution in [2.24, 2.45) is 17.3 Å². The molecule has 0 bridgehead atoms. The van der Waals surface area contributed by atoms with Gasteiger partial charge in [-0.15, -0.1) is 10.2 Å². The third-order valence-electron chi connectivity index (χ3n) is 11.7. The van der Waals surface area contributed by atoms with E-state index < -0.39 is 0 Å². The van der Waals surface area contributed by atoms with Gasteiger partial charge in [-0.3, -0.25) is 0 Å². The van der Waals surface area contributed by atoms with Gasteiger partial charge in [-0.05, 0) is 84.6 Å². The standard InChI is InChI=1S/C53H46N6O2S2/c1-56-43-19-7-5-17-40(43)29-31-45(56)46-32-30-41-18-6-8-20-44(41)57(46)34-13-14-36-61-51(60)42-27-25-38(26-28-42)33-35-58-47-21-9-11-23-49(47)62-52(58)54-55-53-59(37-39-15-3-2-4-16-39)48-22-10-12-24-50(48)63-53/h2-12,15-32H,13-14,33-37H2,1H3/q+2/b54-52-,55-53+. The second-order valence-corrected chi connectivity index (χ2v) is 17.7. The van der Waals surface area contributed by atoms with Crippen LogP contribution in [0.2, 0.25) is 0 Å². The second kappa shape index (κ2) is 18.1. The molecule has 10 aromatic rings. The van der Waals surface area contributed by atoms with Gasteiger partial charge in [0.05, 0.1) is 39.1 Å². The average Bonchev–Trinajstić information content (AvgIpc) is 3.87. The van der Waals surface area contributed by atoms with Crippen LogP contribution in [0.15, 0.2) is 186 Å². The minimum Gasteiger partial charge on any atom is -0.462 e. The van der Waals surface area contributed by atoms with Crippen LogP contribution in [-0.4, -0.2) is 21.7 Å². The fourth-order valence-electron chi connectivity index (χ4n) is 8.41. The highest BCUT2D eigenvalue weighted by atomic mass is 32.1. The number of esters is 1. The van der Waals surface area contributed by atoms with E-state index in [0.29, 0.717) is 25.3 Å². The van der Waals surface area contributed by atoms with Crippen LogP contribution in [0.4, 0.5) is 0 Å². The predicted molar refractivity (Wildman–Crippen MR) is 254 cm³/mol. The van der Waals surface area contributed by atoms with Gasteiger partial charge in [0.2, 0.25) is 20.6 Å². The fourth-order valence-corrected chi connectivity index (χ4v) is 10.4. The van der Waals surface area contributed by atoms with E-state index in [9.17, 15) is 4.79 Å². The molecule has 4 heterocycles. The van der Waals surface area contributed by atoms with Gasteiger partial charge in [0.1, 0.15) is 13.6 Å². The topological polar surface area (TPSA) is 68.6 Å². The number of hydrogen-bond donors (Lipinski definition) is 0. The van der Waals surface area contributed by atoms with Gasteiger partial charge in [0.25, 0.3) is 11.4 Å². The first-order valence-electron chi connectivity index (χ1n) is 21.4. The number of carbonyl (C=O) groups is 1. The molecule has 10 heteroatoms. The van der Waals surface area contributed by atoms with Crippen molar-refractivity contribution in [2.75, 3.05) is 6.61 Å². The summed E-state index contributed by atoms with van der Waals surface area (Å²) in [7, 11) is 2.13. The number of rotatable bonds is 13. The molecule has 4 aromatic heterocycles. The number of benzene rings is 6. The van der Waals surface area contributed by atoms with Gasteiger partial charge in [-0.25, -0.2) is 4.79 Å². The normalized spacial score (nSPS) is 12.3. The maximum absolute atomic E-state index is 13.2. The van der Waals surface area contributed by atoms with Crippen molar-refractivity contribution in [1.82, 2.24) is 9.13 Å². The number of fused-ring (bicyclic) bond motifs is 4. The van der Waals surface area contributed by atoms with Gasteiger partial charge >= 0.3 is 5.97 Å². The molecule has 0 aliphatic rings. The monoisotopic (exact) mass is 862 g/mol. The molecule has 6 aromatic carbocycles. The largest absolute Gasteiger partial charge is 0.462 e. The van der Waals surface area contributed by atoms with E-state index >= 15 is 0 Å². The highest BCUT2D eigenvalue weighted by Crippen LogP contribution is 2.22. The molecular formula is C53H46N6O2S2+2. The van der Waals surface area contributed by atoms with Gasteiger partial charge in [-0.1, -0.05) is 114 Å². The third kappa shape index (κ3) is 8.47. The van der Waals surface area contributed by atoms with E-state index in [2.05, 4.69) is 171 Å². The smallest absolute Gasteiger partial charge is 0.338 e. The van der Waals surface area contributed by atoms with E-state index in [-0.39, 0.29) is 5.97 Å². The number of ether oxygens (including phenoxy) is 1. The second-order valence-electron chi connectivity index (χ2n) is 15.7. The highest BCUT2D eigenvalue weighted by molar-refractivity contribution is 7.16. The number of para-hydroxylation sites is 4. The van der Waals surface area contributed by atoms with Crippen molar-refractivity contribution in [3.63, 3.8) is 0 Å². The van der Waals surface area contributed by atoms with E-state index in [1.54, 1.807) is 22.7 Å². The van der Waals surface area contributed by atoms with Crippen LogP contribution >= 0.6 is 22.7 Å². The first kappa shape index (κ1) is 40.1. The average molecular weight is 863 g/mol. The Kier molecular flexibility index (Phi) is 11.5. The first-order valence-corrected chi connectivity index (χ1v) is 23.0. The molecule has 0 radical (unpaired) electrons. The van der Waals surface area contributed by atoms with E-state index in [1.807, 2.05) is 30.3 Å². The summed E-state index contributed by atoms with van der Waals surface area (Å²) < 4.78 is 17.3. The minimum atomic E-state index is -0.296. The molecule has 0 saturated carbocycles. The Bertz CT molecular complexity index is 3400. The lowest BCUT2D eigenvalue weighted by Crippen LogP contribution is -2.42. The first-order chi connectivity index (χ1) is 31.1. The Morgan fingerprint density at radius 1 is 0.571 bits per heavy atom. The van der Waals surface area contributed by atoms with Crippen LogP contribution < -0.4 is 18.7 Å². The summed E-state index contributed by atoms with van der Waals surface area (Å²) in [4.78, 5) is 14.9. The van der Waals surface area contributed by atoms with Crippen molar-refractivity contribution in [3.8, 4) is 11.4 Å². The molecule has 0 spiro atoms. The summed E-state index contributed by atoms with van der Waals surface area (Å²) in [6.07, 6.45) is 2.39. The van der Waals surface area contributed by atoms with Gasteiger partial charge in [-0.2, -0.15) is 9.13 Å². The zero-order valence-corrected chi connectivity index (χ0v) is 36.6. The summed E-state index contributed by atoms with van der Waals surface area (Å²) in [6, 6.07) is 61.0. The summed E-state index contributed by atoms with van der Waals surface area (Å²) in [6.45, 7) is 2.59. The molecule has 0 N–H and O–H groups in total. The molecule has 0 aliphatic heterocycles. The Morgan fingerprint density at radius 3 is 1.89 bits per heavy atom. The lowest BCUT2D eigenvalue weighted by atomic mass is 10.1. The molecule has 310 valence electrons. The summed E-state index contributed by atoms with van der Waals surface area (Å²) in [5.41, 5.74) is 9.86. The zero-order valence-electron chi connectivity index (χ0n) is 35.0. The summed E-state index contributed by atoms with van der Waals surface area (Å²) in [5.74, 6) is -0.296. The van der Waals surface area contributed by atoms with Crippen LogP contribution in [-0.2, 0) is 37.8 Å². The van der Waals surface area contributed by atoms with Gasteiger partial charge < -0.3 is 13.9 Å². The quantitative estimate of drug-likeness (QED) is 0.0502. The Morgan fingerprint density at radius 2 is 1.16 bits per heavy atom. The number of carbonyl (C=O) groups excluding carboxylic acids is 1. The fraction of sp³-hybridized carbons (Fsp3) is 0.151.